The average Bonchev–Trinajstić information content (AvgIpc) is 3.34. The molecule has 1 aliphatic rings. The Morgan fingerprint density at radius 2 is 2.07 bits per heavy atom. The van der Waals surface area contributed by atoms with Gasteiger partial charge in [0.25, 0.3) is 0 Å². The lowest BCUT2D eigenvalue weighted by atomic mass is 10.2. The Morgan fingerprint density at radius 1 is 1.33 bits per heavy atom. The van der Waals surface area contributed by atoms with Gasteiger partial charge in [-0.25, -0.2) is 12.8 Å². The molecule has 3 rings (SSSR count). The van der Waals surface area contributed by atoms with Crippen LogP contribution in [0.3, 0.4) is 0 Å². The Balaban J connectivity index is 1.81. The van der Waals surface area contributed by atoms with Crippen molar-refractivity contribution in [2.75, 3.05) is 13.2 Å². The van der Waals surface area contributed by atoms with E-state index in [1.807, 2.05) is 17.5 Å². The summed E-state index contributed by atoms with van der Waals surface area (Å²) in [6, 6.07) is 8.36. The maximum atomic E-state index is 13.1. The number of thiophene rings is 1. The van der Waals surface area contributed by atoms with E-state index < -0.39 is 26.8 Å². The quantitative estimate of drug-likeness (QED) is 0.656. The van der Waals surface area contributed by atoms with Crippen molar-refractivity contribution in [1.29, 1.82) is 0 Å². The van der Waals surface area contributed by atoms with Crippen LogP contribution in [0, 0.1) is 5.82 Å². The van der Waals surface area contributed by atoms with E-state index in [-0.39, 0.29) is 11.0 Å². The SMILES string of the molecule is CC(C(=O)N(Cc1cccs1)CC1CCCO1)S(=O)(=O)c1ccc(F)cc1. The van der Waals surface area contributed by atoms with Gasteiger partial charge in [0.15, 0.2) is 9.84 Å². The third-order valence-corrected chi connectivity index (χ3v) is 7.56. The topological polar surface area (TPSA) is 63.7 Å². The smallest absolute Gasteiger partial charge is 0.241 e. The molecule has 1 amide bonds. The van der Waals surface area contributed by atoms with Gasteiger partial charge in [-0.05, 0) is 55.5 Å². The number of nitrogens with zero attached hydrogens (tertiary/aromatic N) is 1. The summed E-state index contributed by atoms with van der Waals surface area (Å²) in [7, 11) is -3.91. The second-order valence-electron chi connectivity index (χ2n) is 6.57. The highest BCUT2D eigenvalue weighted by atomic mass is 32.2. The average molecular weight is 412 g/mol. The van der Waals surface area contributed by atoms with E-state index in [2.05, 4.69) is 0 Å². The first kappa shape index (κ1) is 20.0. The van der Waals surface area contributed by atoms with E-state index in [0.717, 1.165) is 29.9 Å². The second kappa shape index (κ2) is 8.50. The molecule has 1 saturated heterocycles. The first-order valence-corrected chi connectivity index (χ1v) is 11.2. The highest BCUT2D eigenvalue weighted by Crippen LogP contribution is 2.22. The molecule has 2 unspecified atom stereocenters. The van der Waals surface area contributed by atoms with E-state index in [4.69, 9.17) is 4.74 Å². The van der Waals surface area contributed by atoms with Gasteiger partial charge in [-0.15, -0.1) is 11.3 Å². The van der Waals surface area contributed by atoms with Crippen LogP contribution in [0.25, 0.3) is 0 Å². The summed E-state index contributed by atoms with van der Waals surface area (Å²) in [6.45, 7) is 2.76. The zero-order chi connectivity index (χ0) is 19.4. The van der Waals surface area contributed by atoms with Crippen molar-refractivity contribution >= 4 is 27.1 Å². The number of hydrogen-bond donors (Lipinski definition) is 0. The Morgan fingerprint density at radius 3 is 2.67 bits per heavy atom. The summed E-state index contributed by atoms with van der Waals surface area (Å²) >= 11 is 1.52. The number of carbonyl (C=O) groups is 1. The van der Waals surface area contributed by atoms with Crippen LogP contribution in [-0.2, 0) is 25.9 Å². The second-order valence-corrected chi connectivity index (χ2v) is 9.88. The molecule has 1 fully saturated rings. The van der Waals surface area contributed by atoms with Crippen molar-refractivity contribution < 1.29 is 22.3 Å². The summed E-state index contributed by atoms with van der Waals surface area (Å²) in [5.74, 6) is -0.992. The summed E-state index contributed by atoms with van der Waals surface area (Å²) in [5, 5.41) is 0.660. The zero-order valence-electron chi connectivity index (χ0n) is 15.0. The number of sulfone groups is 1. The number of carbonyl (C=O) groups excluding carboxylic acids is 1. The largest absolute Gasteiger partial charge is 0.376 e. The number of rotatable bonds is 7. The van der Waals surface area contributed by atoms with Crippen LogP contribution >= 0.6 is 11.3 Å². The molecule has 1 aromatic heterocycles. The standard InChI is InChI=1S/C19H22FNO4S2/c1-14(27(23,24)18-8-6-15(20)7-9-18)19(22)21(12-16-4-2-10-25-16)13-17-5-3-11-26-17/h3,5-9,11,14,16H,2,4,10,12-13H2,1H3. The van der Waals surface area contributed by atoms with Gasteiger partial charge in [0, 0.05) is 18.0 Å². The molecule has 0 saturated carbocycles. The van der Waals surface area contributed by atoms with Gasteiger partial charge in [0.2, 0.25) is 5.91 Å². The van der Waals surface area contributed by atoms with E-state index in [1.54, 1.807) is 4.90 Å². The molecule has 27 heavy (non-hydrogen) atoms. The van der Waals surface area contributed by atoms with Crippen LogP contribution < -0.4 is 0 Å². The highest BCUT2D eigenvalue weighted by Gasteiger charge is 2.34. The maximum Gasteiger partial charge on any atom is 0.241 e. The molecule has 5 nitrogen and oxygen atoms in total. The Hall–Kier alpha value is -1.77. The Kier molecular flexibility index (Phi) is 6.29. The molecular formula is C19H22FNO4S2. The summed E-state index contributed by atoms with van der Waals surface area (Å²) in [6.07, 6.45) is 1.72. The molecule has 8 heteroatoms. The first-order chi connectivity index (χ1) is 12.9. The van der Waals surface area contributed by atoms with Crippen molar-refractivity contribution in [3.05, 3.63) is 52.5 Å². The predicted octanol–water partition coefficient (Wildman–Crippen LogP) is 3.26. The maximum absolute atomic E-state index is 13.1. The minimum absolute atomic E-state index is 0.0575. The molecule has 0 spiro atoms. The molecule has 2 atom stereocenters. The fourth-order valence-electron chi connectivity index (χ4n) is 3.08. The molecule has 0 aliphatic carbocycles. The van der Waals surface area contributed by atoms with Gasteiger partial charge < -0.3 is 9.64 Å². The van der Waals surface area contributed by atoms with Crippen LogP contribution in [0.4, 0.5) is 4.39 Å². The third kappa shape index (κ3) is 4.75. The normalized spacial score (nSPS) is 18.4. The first-order valence-electron chi connectivity index (χ1n) is 8.80. The predicted molar refractivity (Wildman–Crippen MR) is 102 cm³/mol. The summed E-state index contributed by atoms with van der Waals surface area (Å²) in [4.78, 5) is 15.6. The number of hydrogen-bond acceptors (Lipinski definition) is 5. The van der Waals surface area contributed by atoms with E-state index in [1.165, 1.54) is 30.4 Å². The van der Waals surface area contributed by atoms with Crippen molar-refractivity contribution in [2.45, 2.75) is 42.6 Å². The van der Waals surface area contributed by atoms with Gasteiger partial charge in [0.05, 0.1) is 17.5 Å². The molecule has 1 aliphatic heterocycles. The van der Waals surface area contributed by atoms with Gasteiger partial charge in [-0.3, -0.25) is 4.79 Å². The van der Waals surface area contributed by atoms with Crippen molar-refractivity contribution in [3.8, 4) is 0 Å². The molecule has 0 radical (unpaired) electrons. The molecule has 146 valence electrons. The zero-order valence-corrected chi connectivity index (χ0v) is 16.6. The van der Waals surface area contributed by atoms with E-state index >= 15 is 0 Å². The minimum atomic E-state index is -3.91. The van der Waals surface area contributed by atoms with Gasteiger partial charge in [0.1, 0.15) is 11.1 Å². The Bertz CT molecular complexity index is 860. The number of ether oxygens (including phenoxy) is 1. The minimum Gasteiger partial charge on any atom is -0.376 e. The van der Waals surface area contributed by atoms with Crippen molar-refractivity contribution in [3.63, 3.8) is 0 Å². The molecule has 2 aromatic rings. The fourth-order valence-corrected chi connectivity index (χ4v) is 5.13. The molecular weight excluding hydrogens is 389 g/mol. The monoisotopic (exact) mass is 411 g/mol. The van der Waals surface area contributed by atoms with Crippen molar-refractivity contribution in [1.82, 2.24) is 4.90 Å². The Labute approximate surface area is 162 Å². The number of benzene rings is 1. The van der Waals surface area contributed by atoms with Crippen LogP contribution in [0.5, 0.6) is 0 Å². The van der Waals surface area contributed by atoms with Gasteiger partial charge >= 0.3 is 0 Å². The lowest BCUT2D eigenvalue weighted by Crippen LogP contribution is -2.44. The summed E-state index contributed by atoms with van der Waals surface area (Å²) < 4.78 is 44.4. The van der Waals surface area contributed by atoms with Crippen LogP contribution in [0.2, 0.25) is 0 Å². The van der Waals surface area contributed by atoms with Gasteiger partial charge in [-0.1, -0.05) is 6.07 Å². The molecule has 2 heterocycles. The third-order valence-electron chi connectivity index (χ3n) is 4.64. The molecule has 0 N–H and O–H groups in total. The number of halogens is 1. The van der Waals surface area contributed by atoms with E-state index in [9.17, 15) is 17.6 Å². The van der Waals surface area contributed by atoms with Crippen molar-refractivity contribution in [2.24, 2.45) is 0 Å². The lowest BCUT2D eigenvalue weighted by Gasteiger charge is -2.27. The molecule has 1 aromatic carbocycles. The molecule has 0 bridgehead atoms. The van der Waals surface area contributed by atoms with Crippen LogP contribution in [-0.4, -0.2) is 43.7 Å². The van der Waals surface area contributed by atoms with Crippen LogP contribution in [0.15, 0.2) is 46.7 Å². The van der Waals surface area contributed by atoms with Crippen LogP contribution in [0.1, 0.15) is 24.6 Å². The fraction of sp³-hybridized carbons (Fsp3) is 0.421. The van der Waals surface area contributed by atoms with E-state index in [0.29, 0.717) is 19.7 Å². The van der Waals surface area contributed by atoms with Gasteiger partial charge in [-0.2, -0.15) is 0 Å². The highest BCUT2D eigenvalue weighted by molar-refractivity contribution is 7.92. The number of amides is 1. The lowest BCUT2D eigenvalue weighted by molar-refractivity contribution is -0.132. The summed E-state index contributed by atoms with van der Waals surface area (Å²) in [5.41, 5.74) is 0.